The van der Waals surface area contributed by atoms with Gasteiger partial charge in [0.2, 0.25) is 0 Å². The molecule has 2 N–H and O–H groups in total. The lowest BCUT2D eigenvalue weighted by atomic mass is 10.1. The Morgan fingerprint density at radius 2 is 1.81 bits per heavy atom. The number of carbonyl (C=O) groups excluding carboxylic acids is 2. The number of furan rings is 1. The molecule has 0 aliphatic rings. The third-order valence-electron chi connectivity index (χ3n) is 3.79. The first-order valence-electron chi connectivity index (χ1n) is 8.01. The summed E-state index contributed by atoms with van der Waals surface area (Å²) in [4.78, 5) is 25.0. The van der Waals surface area contributed by atoms with Gasteiger partial charge in [-0.05, 0) is 48.9 Å². The molecule has 0 aliphatic carbocycles. The van der Waals surface area contributed by atoms with Gasteiger partial charge in [-0.2, -0.15) is 0 Å². The van der Waals surface area contributed by atoms with Crippen LogP contribution in [0.3, 0.4) is 0 Å². The molecule has 0 aliphatic heterocycles. The lowest BCUT2D eigenvalue weighted by Gasteiger charge is -2.12. The zero-order valence-corrected chi connectivity index (χ0v) is 14.8. The number of amides is 2. The van der Waals surface area contributed by atoms with Gasteiger partial charge in [-0.15, -0.1) is 0 Å². The minimum atomic E-state index is -0.374. The van der Waals surface area contributed by atoms with Gasteiger partial charge >= 0.3 is 0 Å². The summed E-state index contributed by atoms with van der Waals surface area (Å²) in [6, 6.07) is 15.5. The second-order valence-electron chi connectivity index (χ2n) is 5.75. The van der Waals surface area contributed by atoms with Crippen LogP contribution in [0.2, 0.25) is 5.02 Å². The Kier molecular flexibility index (Phi) is 5.39. The number of benzene rings is 2. The van der Waals surface area contributed by atoms with Gasteiger partial charge in [-0.25, -0.2) is 0 Å². The van der Waals surface area contributed by atoms with Gasteiger partial charge < -0.3 is 15.1 Å². The van der Waals surface area contributed by atoms with Crippen LogP contribution < -0.4 is 10.6 Å². The van der Waals surface area contributed by atoms with Gasteiger partial charge in [-0.3, -0.25) is 9.59 Å². The maximum absolute atomic E-state index is 12.5. The largest absolute Gasteiger partial charge is 0.467 e. The van der Waals surface area contributed by atoms with Crippen molar-refractivity contribution in [1.82, 2.24) is 5.32 Å². The Hall–Kier alpha value is -3.05. The zero-order chi connectivity index (χ0) is 18.5. The third kappa shape index (κ3) is 4.13. The van der Waals surface area contributed by atoms with Crippen LogP contribution in [0.1, 0.15) is 32.0 Å². The number of hydrogen-bond acceptors (Lipinski definition) is 3. The average molecular weight is 369 g/mol. The molecule has 3 rings (SSSR count). The van der Waals surface area contributed by atoms with E-state index in [0.29, 0.717) is 27.6 Å². The van der Waals surface area contributed by atoms with Crippen molar-refractivity contribution in [1.29, 1.82) is 0 Å². The minimum Gasteiger partial charge on any atom is -0.467 e. The van der Waals surface area contributed by atoms with Crippen LogP contribution in [-0.2, 0) is 6.54 Å². The van der Waals surface area contributed by atoms with E-state index >= 15 is 0 Å². The molecule has 0 spiro atoms. The fourth-order valence-electron chi connectivity index (χ4n) is 2.46. The van der Waals surface area contributed by atoms with Crippen molar-refractivity contribution in [3.05, 3.63) is 88.3 Å². The van der Waals surface area contributed by atoms with Crippen LogP contribution in [0, 0.1) is 6.92 Å². The van der Waals surface area contributed by atoms with E-state index in [4.69, 9.17) is 16.0 Å². The van der Waals surface area contributed by atoms with Crippen LogP contribution in [-0.4, -0.2) is 11.8 Å². The topological polar surface area (TPSA) is 71.3 Å². The van der Waals surface area contributed by atoms with Crippen molar-refractivity contribution in [2.45, 2.75) is 13.5 Å². The summed E-state index contributed by atoms with van der Waals surface area (Å²) in [5.74, 6) is -0.0418. The second-order valence-corrected chi connectivity index (χ2v) is 6.15. The van der Waals surface area contributed by atoms with Gasteiger partial charge in [0.05, 0.1) is 34.6 Å². The monoisotopic (exact) mass is 368 g/mol. The van der Waals surface area contributed by atoms with E-state index in [9.17, 15) is 9.59 Å². The number of carbonyl (C=O) groups is 2. The summed E-state index contributed by atoms with van der Waals surface area (Å²) in [5, 5.41) is 5.88. The van der Waals surface area contributed by atoms with Gasteiger partial charge in [0.1, 0.15) is 5.76 Å². The maximum Gasteiger partial charge on any atom is 0.257 e. The van der Waals surface area contributed by atoms with E-state index in [1.807, 2.05) is 13.0 Å². The molecule has 1 heterocycles. The molecule has 0 saturated heterocycles. The molecule has 2 aromatic carbocycles. The average Bonchev–Trinajstić information content (AvgIpc) is 3.13. The van der Waals surface area contributed by atoms with Gasteiger partial charge in [0.25, 0.3) is 11.8 Å². The number of para-hydroxylation sites is 1. The highest BCUT2D eigenvalue weighted by Gasteiger charge is 2.16. The van der Waals surface area contributed by atoms with E-state index in [-0.39, 0.29) is 18.4 Å². The Balaban J connectivity index is 1.76. The molecule has 0 bridgehead atoms. The highest BCUT2D eigenvalue weighted by Crippen LogP contribution is 2.21. The molecule has 0 radical (unpaired) electrons. The fraction of sp³-hybridized carbons (Fsp3) is 0.100. The molecule has 1 aromatic heterocycles. The first-order chi connectivity index (χ1) is 12.5. The Morgan fingerprint density at radius 3 is 2.54 bits per heavy atom. The molecular formula is C20H17ClN2O3. The lowest BCUT2D eigenvalue weighted by molar-refractivity contribution is 0.0949. The molecule has 3 aromatic rings. The Bertz CT molecular complexity index is 936. The molecule has 0 unspecified atom stereocenters. The SMILES string of the molecule is Cc1ccc(C(=O)Nc2ccccc2C(=O)NCc2ccco2)c(Cl)c1. The van der Waals surface area contributed by atoms with Crippen molar-refractivity contribution in [3.8, 4) is 0 Å². The smallest absolute Gasteiger partial charge is 0.257 e. The summed E-state index contributed by atoms with van der Waals surface area (Å²) in [7, 11) is 0. The quantitative estimate of drug-likeness (QED) is 0.700. The van der Waals surface area contributed by atoms with Crippen LogP contribution in [0.5, 0.6) is 0 Å². The third-order valence-corrected chi connectivity index (χ3v) is 4.11. The van der Waals surface area contributed by atoms with Crippen LogP contribution >= 0.6 is 11.6 Å². The highest BCUT2D eigenvalue weighted by atomic mass is 35.5. The molecule has 5 nitrogen and oxygen atoms in total. The predicted molar refractivity (Wildman–Crippen MR) is 100 cm³/mol. The standard InChI is InChI=1S/C20H17ClN2O3/c1-13-8-9-15(17(21)11-13)20(25)23-18-7-3-2-6-16(18)19(24)22-12-14-5-4-10-26-14/h2-11H,12H2,1H3,(H,22,24)(H,23,25). The number of hydrogen-bond donors (Lipinski definition) is 2. The van der Waals surface area contributed by atoms with E-state index < -0.39 is 0 Å². The summed E-state index contributed by atoms with van der Waals surface area (Å²) in [6.07, 6.45) is 1.54. The summed E-state index contributed by atoms with van der Waals surface area (Å²) in [6.45, 7) is 2.16. The molecule has 26 heavy (non-hydrogen) atoms. The molecular weight excluding hydrogens is 352 g/mol. The van der Waals surface area contributed by atoms with Gasteiger partial charge in [-0.1, -0.05) is 29.8 Å². The van der Waals surface area contributed by atoms with Crippen LogP contribution in [0.4, 0.5) is 5.69 Å². The highest BCUT2D eigenvalue weighted by molar-refractivity contribution is 6.34. The van der Waals surface area contributed by atoms with Crippen molar-refractivity contribution in [3.63, 3.8) is 0 Å². The predicted octanol–water partition coefficient (Wildman–Crippen LogP) is 4.42. The Morgan fingerprint density at radius 1 is 1.00 bits per heavy atom. The molecule has 0 saturated carbocycles. The van der Waals surface area contributed by atoms with Crippen molar-refractivity contribution < 1.29 is 14.0 Å². The molecule has 2 amide bonds. The van der Waals surface area contributed by atoms with Crippen LogP contribution in [0.15, 0.2) is 65.3 Å². The number of halogens is 1. The number of anilines is 1. The fourth-order valence-corrected chi connectivity index (χ4v) is 2.78. The molecule has 6 heteroatoms. The summed E-state index contributed by atoms with van der Waals surface area (Å²) in [5.41, 5.74) is 2.08. The van der Waals surface area contributed by atoms with Crippen molar-refractivity contribution in [2.24, 2.45) is 0 Å². The van der Waals surface area contributed by atoms with Crippen molar-refractivity contribution in [2.75, 3.05) is 5.32 Å². The molecule has 0 fully saturated rings. The van der Waals surface area contributed by atoms with Crippen molar-refractivity contribution >= 4 is 29.1 Å². The molecule has 132 valence electrons. The van der Waals surface area contributed by atoms with E-state index in [2.05, 4.69) is 10.6 Å². The number of nitrogens with one attached hydrogen (secondary N) is 2. The Labute approximate surface area is 156 Å². The van der Waals surface area contributed by atoms with Crippen LogP contribution in [0.25, 0.3) is 0 Å². The number of rotatable bonds is 5. The van der Waals surface area contributed by atoms with E-state index in [1.165, 1.54) is 0 Å². The maximum atomic E-state index is 12.5. The van der Waals surface area contributed by atoms with Gasteiger partial charge in [0.15, 0.2) is 0 Å². The lowest BCUT2D eigenvalue weighted by Crippen LogP contribution is -2.24. The zero-order valence-electron chi connectivity index (χ0n) is 14.1. The molecule has 0 atom stereocenters. The second kappa shape index (κ2) is 7.89. The van der Waals surface area contributed by atoms with E-state index in [1.54, 1.807) is 54.8 Å². The van der Waals surface area contributed by atoms with E-state index in [0.717, 1.165) is 5.56 Å². The summed E-state index contributed by atoms with van der Waals surface area (Å²) >= 11 is 6.15. The normalized spacial score (nSPS) is 10.4. The first-order valence-corrected chi connectivity index (χ1v) is 8.39. The van der Waals surface area contributed by atoms with Gasteiger partial charge in [0, 0.05) is 0 Å². The first kappa shape index (κ1) is 17.8. The summed E-state index contributed by atoms with van der Waals surface area (Å²) < 4.78 is 5.20. The minimum absolute atomic E-state index is 0.262. The number of aryl methyl sites for hydroxylation is 1.